The van der Waals surface area contributed by atoms with Crippen molar-refractivity contribution >= 4 is 40.5 Å². The van der Waals surface area contributed by atoms with Gasteiger partial charge in [0.05, 0.1) is 16.4 Å². The third-order valence-electron chi connectivity index (χ3n) is 2.72. The zero-order valence-corrected chi connectivity index (χ0v) is 11.7. The van der Waals surface area contributed by atoms with Crippen molar-refractivity contribution in [3.8, 4) is 0 Å². The van der Waals surface area contributed by atoms with Crippen LogP contribution in [-0.4, -0.2) is 5.91 Å². The van der Waals surface area contributed by atoms with Crippen LogP contribution in [0, 0.1) is 6.92 Å². The summed E-state index contributed by atoms with van der Waals surface area (Å²) in [6, 6.07) is 10.1. The number of anilines is 2. The number of amides is 1. The molecule has 0 saturated carbocycles. The van der Waals surface area contributed by atoms with E-state index in [0.29, 0.717) is 27.0 Å². The van der Waals surface area contributed by atoms with E-state index in [-0.39, 0.29) is 5.91 Å². The SMILES string of the molecule is Cc1cc(Cl)ccc1C(=O)Nc1c(N)cccc1Cl. The van der Waals surface area contributed by atoms with Crippen molar-refractivity contribution in [1.29, 1.82) is 0 Å². The Balaban J connectivity index is 2.31. The van der Waals surface area contributed by atoms with Crippen molar-refractivity contribution in [2.75, 3.05) is 11.1 Å². The van der Waals surface area contributed by atoms with Gasteiger partial charge < -0.3 is 11.1 Å². The van der Waals surface area contributed by atoms with Crippen molar-refractivity contribution in [1.82, 2.24) is 0 Å². The first-order valence-electron chi connectivity index (χ1n) is 5.60. The van der Waals surface area contributed by atoms with E-state index in [1.165, 1.54) is 0 Å². The van der Waals surface area contributed by atoms with Crippen LogP contribution in [0.15, 0.2) is 36.4 Å². The van der Waals surface area contributed by atoms with Crippen molar-refractivity contribution in [3.63, 3.8) is 0 Å². The molecule has 3 nitrogen and oxygen atoms in total. The largest absolute Gasteiger partial charge is 0.397 e. The van der Waals surface area contributed by atoms with Crippen LogP contribution in [0.1, 0.15) is 15.9 Å². The molecule has 2 rings (SSSR count). The number of rotatable bonds is 2. The van der Waals surface area contributed by atoms with Crippen LogP contribution in [0.2, 0.25) is 10.0 Å². The average molecular weight is 295 g/mol. The highest BCUT2D eigenvalue weighted by Crippen LogP contribution is 2.28. The molecule has 5 heteroatoms. The predicted octanol–water partition coefficient (Wildman–Crippen LogP) is 4.14. The molecule has 0 spiro atoms. The Hall–Kier alpha value is -1.71. The predicted molar refractivity (Wildman–Crippen MR) is 80.0 cm³/mol. The molecular formula is C14H12Cl2N2O. The molecule has 0 heterocycles. The standard InChI is InChI=1S/C14H12Cl2N2O/c1-8-7-9(15)5-6-10(8)14(19)18-13-11(16)3-2-4-12(13)17/h2-7H,17H2,1H3,(H,18,19). The molecular weight excluding hydrogens is 283 g/mol. The van der Waals surface area contributed by atoms with Crippen LogP contribution in [0.25, 0.3) is 0 Å². The Morgan fingerprint density at radius 3 is 2.58 bits per heavy atom. The summed E-state index contributed by atoms with van der Waals surface area (Å²) < 4.78 is 0. The lowest BCUT2D eigenvalue weighted by molar-refractivity contribution is 0.102. The van der Waals surface area contributed by atoms with Gasteiger partial charge in [-0.2, -0.15) is 0 Å². The second kappa shape index (κ2) is 5.51. The molecule has 2 aromatic rings. The Labute approximate surface area is 121 Å². The van der Waals surface area contributed by atoms with Crippen LogP contribution in [0.4, 0.5) is 11.4 Å². The van der Waals surface area contributed by atoms with Gasteiger partial charge in [0, 0.05) is 10.6 Å². The van der Waals surface area contributed by atoms with Gasteiger partial charge in [-0.05, 0) is 42.8 Å². The van der Waals surface area contributed by atoms with Gasteiger partial charge in [0.25, 0.3) is 5.91 Å². The second-order valence-corrected chi connectivity index (χ2v) is 4.96. The maximum atomic E-state index is 12.2. The quantitative estimate of drug-likeness (QED) is 0.818. The summed E-state index contributed by atoms with van der Waals surface area (Å²) in [4.78, 5) is 12.2. The Bertz CT molecular complexity index is 621. The average Bonchev–Trinajstić information content (AvgIpc) is 2.33. The zero-order chi connectivity index (χ0) is 14.0. The van der Waals surface area contributed by atoms with Crippen LogP contribution in [0.5, 0.6) is 0 Å². The number of halogens is 2. The van der Waals surface area contributed by atoms with Gasteiger partial charge in [-0.25, -0.2) is 0 Å². The first kappa shape index (κ1) is 13.7. The summed E-state index contributed by atoms with van der Waals surface area (Å²) in [7, 11) is 0. The third-order valence-corrected chi connectivity index (χ3v) is 3.27. The summed E-state index contributed by atoms with van der Waals surface area (Å²) in [5, 5.41) is 3.71. The second-order valence-electron chi connectivity index (χ2n) is 4.12. The number of benzene rings is 2. The number of carbonyl (C=O) groups excluding carboxylic acids is 1. The molecule has 0 aliphatic carbocycles. The van der Waals surface area contributed by atoms with E-state index in [1.807, 2.05) is 6.92 Å². The highest BCUT2D eigenvalue weighted by atomic mass is 35.5. The third kappa shape index (κ3) is 3.00. The number of para-hydroxylation sites is 1. The topological polar surface area (TPSA) is 55.1 Å². The molecule has 0 aliphatic rings. The van der Waals surface area contributed by atoms with Crippen molar-refractivity contribution in [3.05, 3.63) is 57.6 Å². The summed E-state index contributed by atoms with van der Waals surface area (Å²) in [5.41, 5.74) is 7.95. The minimum absolute atomic E-state index is 0.269. The number of hydrogen-bond donors (Lipinski definition) is 2. The first-order chi connectivity index (χ1) is 8.99. The summed E-state index contributed by atoms with van der Waals surface area (Å²) >= 11 is 11.9. The van der Waals surface area contributed by atoms with E-state index in [1.54, 1.807) is 36.4 Å². The molecule has 0 unspecified atom stereocenters. The van der Waals surface area contributed by atoms with Gasteiger partial charge in [-0.3, -0.25) is 4.79 Å². The van der Waals surface area contributed by atoms with Gasteiger partial charge in [-0.15, -0.1) is 0 Å². The highest BCUT2D eigenvalue weighted by molar-refractivity contribution is 6.34. The Morgan fingerprint density at radius 2 is 1.95 bits per heavy atom. The monoisotopic (exact) mass is 294 g/mol. The number of carbonyl (C=O) groups is 1. The number of nitrogens with one attached hydrogen (secondary N) is 1. The molecule has 2 aromatic carbocycles. The van der Waals surface area contributed by atoms with Gasteiger partial charge in [-0.1, -0.05) is 29.3 Å². The van der Waals surface area contributed by atoms with Crippen LogP contribution in [0.3, 0.4) is 0 Å². The molecule has 0 fully saturated rings. The van der Waals surface area contributed by atoms with E-state index >= 15 is 0 Å². The molecule has 0 radical (unpaired) electrons. The van der Waals surface area contributed by atoms with Crippen LogP contribution >= 0.6 is 23.2 Å². The van der Waals surface area contributed by atoms with E-state index in [0.717, 1.165) is 5.56 Å². The normalized spacial score (nSPS) is 10.3. The zero-order valence-electron chi connectivity index (χ0n) is 10.2. The lowest BCUT2D eigenvalue weighted by Gasteiger charge is -2.11. The maximum Gasteiger partial charge on any atom is 0.256 e. The molecule has 0 saturated heterocycles. The van der Waals surface area contributed by atoms with Gasteiger partial charge in [0.15, 0.2) is 0 Å². The lowest BCUT2D eigenvalue weighted by atomic mass is 10.1. The molecule has 1 amide bonds. The number of aryl methyl sites for hydroxylation is 1. The van der Waals surface area contributed by atoms with Gasteiger partial charge >= 0.3 is 0 Å². The molecule has 0 bridgehead atoms. The first-order valence-corrected chi connectivity index (χ1v) is 6.36. The van der Waals surface area contributed by atoms with Gasteiger partial charge in [0.2, 0.25) is 0 Å². The lowest BCUT2D eigenvalue weighted by Crippen LogP contribution is -2.14. The van der Waals surface area contributed by atoms with Crippen molar-refractivity contribution in [2.24, 2.45) is 0 Å². The molecule has 3 N–H and O–H groups in total. The number of nitrogens with two attached hydrogens (primary N) is 1. The Kier molecular flexibility index (Phi) is 3.98. The van der Waals surface area contributed by atoms with Crippen molar-refractivity contribution < 1.29 is 4.79 Å². The summed E-state index contributed by atoms with van der Waals surface area (Å²) in [5.74, 6) is -0.269. The smallest absolute Gasteiger partial charge is 0.256 e. The fraction of sp³-hybridized carbons (Fsp3) is 0.0714. The fourth-order valence-electron chi connectivity index (χ4n) is 1.74. The highest BCUT2D eigenvalue weighted by Gasteiger charge is 2.13. The molecule has 0 aliphatic heterocycles. The van der Waals surface area contributed by atoms with E-state index < -0.39 is 0 Å². The molecule has 19 heavy (non-hydrogen) atoms. The number of nitrogen functional groups attached to an aromatic ring is 1. The van der Waals surface area contributed by atoms with Crippen LogP contribution < -0.4 is 11.1 Å². The van der Waals surface area contributed by atoms with E-state index in [9.17, 15) is 4.79 Å². The van der Waals surface area contributed by atoms with Crippen LogP contribution in [-0.2, 0) is 0 Å². The minimum Gasteiger partial charge on any atom is -0.397 e. The summed E-state index contributed by atoms with van der Waals surface area (Å²) in [6.45, 7) is 1.82. The van der Waals surface area contributed by atoms with E-state index in [4.69, 9.17) is 28.9 Å². The van der Waals surface area contributed by atoms with E-state index in [2.05, 4.69) is 5.32 Å². The minimum atomic E-state index is -0.269. The van der Waals surface area contributed by atoms with Gasteiger partial charge in [0.1, 0.15) is 0 Å². The number of hydrogen-bond acceptors (Lipinski definition) is 2. The Morgan fingerprint density at radius 1 is 1.21 bits per heavy atom. The molecule has 0 aromatic heterocycles. The molecule has 0 atom stereocenters. The summed E-state index contributed by atoms with van der Waals surface area (Å²) in [6.07, 6.45) is 0. The van der Waals surface area contributed by atoms with Crippen molar-refractivity contribution in [2.45, 2.75) is 6.92 Å². The molecule has 98 valence electrons. The maximum absolute atomic E-state index is 12.2. The fourth-order valence-corrected chi connectivity index (χ4v) is 2.19.